The van der Waals surface area contributed by atoms with Crippen LogP contribution in [0.15, 0.2) is 49.1 Å². The predicted octanol–water partition coefficient (Wildman–Crippen LogP) is 1.71. The van der Waals surface area contributed by atoms with Gasteiger partial charge >= 0.3 is 0 Å². The number of aromatic amines is 1. The summed E-state index contributed by atoms with van der Waals surface area (Å²) in [5.41, 5.74) is 7.49. The van der Waals surface area contributed by atoms with Crippen LogP contribution >= 0.6 is 0 Å². The van der Waals surface area contributed by atoms with Crippen LogP contribution in [0.2, 0.25) is 0 Å². The first-order chi connectivity index (χ1) is 11.1. The number of H-pyrrole nitrogens is 1. The molecule has 3 aromatic rings. The van der Waals surface area contributed by atoms with E-state index < -0.39 is 5.91 Å². The van der Waals surface area contributed by atoms with Crippen LogP contribution in [0.1, 0.15) is 15.9 Å². The summed E-state index contributed by atoms with van der Waals surface area (Å²) in [7, 11) is 0. The number of rotatable bonds is 4. The highest BCUT2D eigenvalue weighted by atomic mass is 16.2. The van der Waals surface area contributed by atoms with Gasteiger partial charge in [0, 0.05) is 35.6 Å². The number of hydrogen-bond donors (Lipinski definition) is 3. The molecule has 0 saturated heterocycles. The van der Waals surface area contributed by atoms with Gasteiger partial charge in [-0.15, -0.1) is 0 Å². The van der Waals surface area contributed by atoms with Crippen molar-refractivity contribution in [2.45, 2.75) is 0 Å². The molecule has 0 radical (unpaired) electrons. The van der Waals surface area contributed by atoms with Gasteiger partial charge in [-0.2, -0.15) is 0 Å². The highest BCUT2D eigenvalue weighted by Crippen LogP contribution is 2.21. The lowest BCUT2D eigenvalue weighted by Gasteiger charge is -2.04. The molecule has 23 heavy (non-hydrogen) atoms. The molecule has 7 nitrogen and oxygen atoms in total. The smallest absolute Gasteiger partial charge is 0.257 e. The molecule has 0 aliphatic heterocycles. The highest BCUT2D eigenvalue weighted by molar-refractivity contribution is 6.05. The van der Waals surface area contributed by atoms with E-state index in [1.54, 1.807) is 42.9 Å². The molecule has 0 spiro atoms. The van der Waals surface area contributed by atoms with E-state index >= 15 is 0 Å². The van der Waals surface area contributed by atoms with Crippen LogP contribution < -0.4 is 11.1 Å². The van der Waals surface area contributed by atoms with Crippen LogP contribution in [0.25, 0.3) is 17.1 Å². The van der Waals surface area contributed by atoms with Crippen molar-refractivity contribution in [1.29, 1.82) is 0 Å². The van der Waals surface area contributed by atoms with Gasteiger partial charge < -0.3 is 16.0 Å². The van der Waals surface area contributed by atoms with E-state index in [1.165, 1.54) is 12.3 Å². The van der Waals surface area contributed by atoms with Gasteiger partial charge in [0.1, 0.15) is 5.65 Å². The molecule has 0 aliphatic rings. The Kier molecular flexibility index (Phi) is 3.84. The van der Waals surface area contributed by atoms with E-state index in [0.717, 1.165) is 10.9 Å². The van der Waals surface area contributed by atoms with Crippen LogP contribution in [0.3, 0.4) is 0 Å². The number of pyridine rings is 2. The molecule has 0 aromatic carbocycles. The average Bonchev–Trinajstić information content (AvgIpc) is 2.96. The molecule has 3 rings (SSSR count). The number of fused-ring (bicyclic) bond motifs is 1. The maximum atomic E-state index is 12.1. The Hall–Kier alpha value is -3.48. The van der Waals surface area contributed by atoms with Crippen molar-refractivity contribution in [3.05, 3.63) is 60.2 Å². The molecule has 4 N–H and O–H groups in total. The first-order valence-electron chi connectivity index (χ1n) is 6.79. The number of amides is 2. The summed E-state index contributed by atoms with van der Waals surface area (Å²) in [5, 5.41) is 3.53. The van der Waals surface area contributed by atoms with Gasteiger partial charge in [-0.25, -0.2) is 4.98 Å². The van der Waals surface area contributed by atoms with Crippen LogP contribution in [0.5, 0.6) is 0 Å². The van der Waals surface area contributed by atoms with Crippen LogP contribution in [-0.2, 0) is 4.79 Å². The fraction of sp³-hybridized carbons (Fsp3) is 0. The highest BCUT2D eigenvalue weighted by Gasteiger charge is 2.08. The zero-order chi connectivity index (χ0) is 16.2. The Morgan fingerprint density at radius 2 is 2.17 bits per heavy atom. The van der Waals surface area contributed by atoms with Crippen LogP contribution in [0, 0.1) is 0 Å². The average molecular weight is 307 g/mol. The van der Waals surface area contributed by atoms with Gasteiger partial charge in [0.15, 0.2) is 0 Å². The number of carbonyl (C=O) groups excluding carboxylic acids is 2. The maximum Gasteiger partial charge on any atom is 0.257 e. The summed E-state index contributed by atoms with van der Waals surface area (Å²) >= 11 is 0. The normalized spacial score (nSPS) is 11.0. The van der Waals surface area contributed by atoms with E-state index in [2.05, 4.69) is 20.3 Å². The number of carbonyl (C=O) groups is 2. The first-order valence-corrected chi connectivity index (χ1v) is 6.79. The molecular formula is C16H13N5O2. The van der Waals surface area contributed by atoms with E-state index in [0.29, 0.717) is 16.9 Å². The van der Waals surface area contributed by atoms with Crippen molar-refractivity contribution < 1.29 is 9.59 Å². The number of aromatic nitrogens is 3. The molecule has 0 atom stereocenters. The molecule has 0 saturated carbocycles. The van der Waals surface area contributed by atoms with E-state index in [9.17, 15) is 9.59 Å². The number of anilines is 1. The fourth-order valence-electron chi connectivity index (χ4n) is 2.10. The Morgan fingerprint density at radius 1 is 1.30 bits per heavy atom. The number of primary amides is 1. The second kappa shape index (κ2) is 6.10. The molecule has 0 unspecified atom stereocenters. The molecule has 0 aliphatic carbocycles. The monoisotopic (exact) mass is 307 g/mol. The second-order valence-corrected chi connectivity index (χ2v) is 4.80. The van der Waals surface area contributed by atoms with Crippen LogP contribution in [0.4, 0.5) is 5.69 Å². The predicted molar refractivity (Wildman–Crippen MR) is 86.5 cm³/mol. The van der Waals surface area contributed by atoms with Gasteiger partial charge in [0.2, 0.25) is 5.91 Å². The molecule has 0 fully saturated rings. The maximum absolute atomic E-state index is 12.1. The Morgan fingerprint density at radius 3 is 2.91 bits per heavy atom. The topological polar surface area (TPSA) is 114 Å². The van der Waals surface area contributed by atoms with E-state index in [-0.39, 0.29) is 5.91 Å². The summed E-state index contributed by atoms with van der Waals surface area (Å²) in [4.78, 5) is 34.1. The van der Waals surface area contributed by atoms with Gasteiger partial charge in [-0.1, -0.05) is 0 Å². The van der Waals surface area contributed by atoms with Crippen molar-refractivity contribution in [1.82, 2.24) is 15.0 Å². The Bertz CT molecular complexity index is 899. The third-order valence-corrected chi connectivity index (χ3v) is 3.17. The molecule has 114 valence electrons. The van der Waals surface area contributed by atoms with Crippen molar-refractivity contribution in [2.75, 3.05) is 5.32 Å². The lowest BCUT2D eigenvalue weighted by molar-refractivity contribution is -0.113. The van der Waals surface area contributed by atoms with Crippen molar-refractivity contribution in [3.63, 3.8) is 0 Å². The molecule has 3 heterocycles. The number of hydrogen-bond acceptors (Lipinski definition) is 4. The van der Waals surface area contributed by atoms with Crippen molar-refractivity contribution in [2.24, 2.45) is 5.73 Å². The third-order valence-electron chi connectivity index (χ3n) is 3.17. The SMILES string of the molecule is NC(=O)/C=C/c1c[nH]c2ncc(NC(=O)c3cccnc3)cc12. The standard InChI is InChI=1S/C16H13N5O2/c17-14(22)4-3-10-8-19-15-13(10)6-12(9-20-15)21-16(23)11-2-1-5-18-7-11/h1-9H,(H2,17,22)(H,19,20)(H,21,23)/b4-3+. The van der Waals surface area contributed by atoms with E-state index in [4.69, 9.17) is 5.73 Å². The molecule has 2 amide bonds. The molecule has 7 heteroatoms. The quantitative estimate of drug-likeness (QED) is 0.636. The zero-order valence-corrected chi connectivity index (χ0v) is 12.0. The summed E-state index contributed by atoms with van der Waals surface area (Å²) in [6.07, 6.45) is 9.21. The number of nitrogens with two attached hydrogens (primary N) is 1. The van der Waals surface area contributed by atoms with Crippen LogP contribution in [-0.4, -0.2) is 26.8 Å². The second-order valence-electron chi connectivity index (χ2n) is 4.80. The minimum Gasteiger partial charge on any atom is -0.366 e. The fourth-order valence-corrected chi connectivity index (χ4v) is 2.10. The van der Waals surface area contributed by atoms with E-state index in [1.807, 2.05) is 0 Å². The summed E-state index contributed by atoms with van der Waals surface area (Å²) in [6.45, 7) is 0. The van der Waals surface area contributed by atoms with Gasteiger partial charge in [0.05, 0.1) is 17.4 Å². The molecule has 0 bridgehead atoms. The lowest BCUT2D eigenvalue weighted by atomic mass is 10.2. The Balaban J connectivity index is 1.89. The summed E-state index contributed by atoms with van der Waals surface area (Å²) in [5.74, 6) is -0.808. The zero-order valence-electron chi connectivity index (χ0n) is 12.0. The lowest BCUT2D eigenvalue weighted by Crippen LogP contribution is -2.12. The van der Waals surface area contributed by atoms with Gasteiger partial charge in [-0.3, -0.25) is 14.6 Å². The Labute approximate surface area is 131 Å². The first kappa shape index (κ1) is 14.5. The number of nitrogens with zero attached hydrogens (tertiary/aromatic N) is 2. The number of nitrogens with one attached hydrogen (secondary N) is 2. The molecular weight excluding hydrogens is 294 g/mol. The third kappa shape index (κ3) is 3.24. The minimum atomic E-state index is -0.534. The summed E-state index contributed by atoms with van der Waals surface area (Å²) < 4.78 is 0. The summed E-state index contributed by atoms with van der Waals surface area (Å²) in [6, 6.07) is 5.13. The van der Waals surface area contributed by atoms with Gasteiger partial charge in [0.25, 0.3) is 5.91 Å². The minimum absolute atomic E-state index is 0.274. The van der Waals surface area contributed by atoms with Crippen molar-refractivity contribution in [3.8, 4) is 0 Å². The molecule has 3 aromatic heterocycles. The largest absolute Gasteiger partial charge is 0.366 e. The van der Waals surface area contributed by atoms with Crippen molar-refractivity contribution >= 4 is 34.6 Å². The van der Waals surface area contributed by atoms with Gasteiger partial charge in [-0.05, 0) is 24.3 Å².